The molecule has 3 aromatic carbocycles. The normalized spacial score (nSPS) is 16.5. The van der Waals surface area contributed by atoms with Crippen LogP contribution in [0.2, 0.25) is 0 Å². The Hall–Kier alpha value is -6.32. The number of carbonyl (C=O) groups excluding carboxylic acids is 3. The molecule has 438 valence electrons. The predicted octanol–water partition coefficient (Wildman–Crippen LogP) is 13.8. The molecule has 81 heavy (non-hydrogen) atoms. The van der Waals surface area contributed by atoms with Gasteiger partial charge in [0.05, 0.1) is 60.3 Å². The molecule has 6 heterocycles. The summed E-state index contributed by atoms with van der Waals surface area (Å²) in [5.41, 5.74) is 1.16. The number of alkyl halides is 9. The van der Waals surface area contributed by atoms with E-state index in [1.54, 1.807) is 59.9 Å². The van der Waals surface area contributed by atoms with Crippen LogP contribution in [0, 0.1) is 10.6 Å². The van der Waals surface area contributed by atoms with Crippen LogP contribution >= 0.6 is 38.5 Å². The Labute approximate surface area is 483 Å². The van der Waals surface area contributed by atoms with E-state index < -0.39 is 53.1 Å². The molecule has 6 aromatic rings. The van der Waals surface area contributed by atoms with Gasteiger partial charge < -0.3 is 28.9 Å². The van der Waals surface area contributed by atoms with Gasteiger partial charge in [0.25, 0.3) is 0 Å². The molecule has 3 aliphatic heterocycles. The van der Waals surface area contributed by atoms with Crippen LogP contribution < -0.4 is 14.7 Å². The highest BCUT2D eigenvalue weighted by atomic mass is 127. The number of nitrogens with zero attached hydrogens (tertiary/aromatic N) is 9. The molecule has 0 unspecified atom stereocenters. The van der Waals surface area contributed by atoms with Crippen molar-refractivity contribution in [2.24, 2.45) is 0 Å². The van der Waals surface area contributed by atoms with Gasteiger partial charge in [-0.25, -0.2) is 28.4 Å². The molecule has 0 aliphatic carbocycles. The zero-order valence-corrected chi connectivity index (χ0v) is 49.0. The van der Waals surface area contributed by atoms with E-state index in [9.17, 15) is 53.9 Å². The van der Waals surface area contributed by atoms with Gasteiger partial charge in [0.2, 0.25) is 0 Å². The van der Waals surface area contributed by atoms with Crippen LogP contribution in [0.4, 0.5) is 57.0 Å². The lowest BCUT2D eigenvalue weighted by Crippen LogP contribution is -2.24. The molecule has 0 amide bonds. The SMILES string of the molecule is CCOC(=O)c1c(Br)nn2c1N(Cc1cccc(C(F)(F)F)c1)C[C@H]2CC.CCOC(=O)c1c(C)nn2c1N(Cc1cccc(C(F)(F)F)c1)C[C@H]2CC.CCOC(=O)c1c(I)nn2c1N(Cc1cccc(C(F)(F)F)c1)C[C@H]2CC. The van der Waals surface area contributed by atoms with Crippen LogP contribution in [-0.2, 0) is 52.4 Å². The third-order valence-electron chi connectivity index (χ3n) is 13.7. The first-order valence-electron chi connectivity index (χ1n) is 26.2. The van der Waals surface area contributed by atoms with Gasteiger partial charge in [0.1, 0.15) is 42.4 Å². The van der Waals surface area contributed by atoms with E-state index in [2.05, 4.69) is 31.2 Å². The van der Waals surface area contributed by atoms with E-state index in [0.717, 1.165) is 55.7 Å². The third kappa shape index (κ3) is 14.0. The fourth-order valence-electron chi connectivity index (χ4n) is 9.98. The van der Waals surface area contributed by atoms with Crippen LogP contribution in [0.3, 0.4) is 0 Å². The van der Waals surface area contributed by atoms with Crippen molar-refractivity contribution in [3.05, 3.63) is 137 Å². The molecule has 3 aliphatic rings. The highest BCUT2D eigenvalue weighted by molar-refractivity contribution is 14.1. The second-order valence-corrected chi connectivity index (χ2v) is 21.0. The number of ether oxygens (including phenoxy) is 3. The van der Waals surface area contributed by atoms with Crippen molar-refractivity contribution < 1.29 is 68.1 Å². The molecular formula is C55H60BrF9IN9O6. The van der Waals surface area contributed by atoms with Crippen molar-refractivity contribution in [3.63, 3.8) is 0 Å². The molecule has 0 saturated heterocycles. The average molecular weight is 1320 g/mol. The maximum Gasteiger partial charge on any atom is 0.416 e. The van der Waals surface area contributed by atoms with Crippen molar-refractivity contribution in [2.75, 3.05) is 54.2 Å². The zero-order chi connectivity index (χ0) is 59.3. The number of hydrogen-bond acceptors (Lipinski definition) is 12. The Bertz CT molecular complexity index is 2880. The third-order valence-corrected chi connectivity index (χ3v) is 15.0. The lowest BCUT2D eigenvalue weighted by atomic mass is 10.1. The first-order chi connectivity index (χ1) is 38.3. The number of aryl methyl sites for hydroxylation is 1. The average Bonchev–Trinajstić information content (AvgIpc) is 2.98. The fraction of sp³-hybridized carbons (Fsp3) is 0.455. The maximum atomic E-state index is 13.0. The molecule has 3 atom stereocenters. The quantitative estimate of drug-likeness (QED) is 0.0418. The molecule has 0 saturated carbocycles. The van der Waals surface area contributed by atoms with E-state index in [1.807, 2.05) is 58.1 Å². The minimum Gasteiger partial charge on any atom is -0.462 e. The van der Waals surface area contributed by atoms with Gasteiger partial charge in [-0.3, -0.25) is 0 Å². The van der Waals surface area contributed by atoms with Crippen molar-refractivity contribution in [1.29, 1.82) is 0 Å². The summed E-state index contributed by atoms with van der Waals surface area (Å²) in [5, 5.41) is 13.4. The number of benzene rings is 3. The Kier molecular flexibility index (Phi) is 19.9. The minimum atomic E-state index is -4.39. The van der Waals surface area contributed by atoms with Gasteiger partial charge in [-0.05, 0) is 139 Å². The summed E-state index contributed by atoms with van der Waals surface area (Å²) in [6, 6.07) is 15.9. The van der Waals surface area contributed by atoms with E-state index in [-0.39, 0.29) is 57.6 Å². The smallest absolute Gasteiger partial charge is 0.416 e. The number of carbonyl (C=O) groups is 3. The number of hydrogen-bond donors (Lipinski definition) is 0. The molecule has 0 spiro atoms. The summed E-state index contributed by atoms with van der Waals surface area (Å²) in [4.78, 5) is 42.9. The highest BCUT2D eigenvalue weighted by Gasteiger charge is 2.40. The monoisotopic (exact) mass is 1320 g/mol. The summed E-state index contributed by atoms with van der Waals surface area (Å²) in [6.45, 7) is 16.1. The Morgan fingerprint density at radius 3 is 1.20 bits per heavy atom. The Balaban J connectivity index is 0.000000175. The first-order valence-corrected chi connectivity index (χ1v) is 28.0. The number of anilines is 3. The van der Waals surface area contributed by atoms with E-state index in [0.29, 0.717) is 84.5 Å². The summed E-state index contributed by atoms with van der Waals surface area (Å²) in [6.07, 6.45) is -10.8. The molecule has 26 heteroatoms. The second kappa shape index (κ2) is 25.9. The molecule has 0 N–H and O–H groups in total. The Morgan fingerprint density at radius 1 is 0.519 bits per heavy atom. The summed E-state index contributed by atoms with van der Waals surface area (Å²) < 4.78 is 139. The number of rotatable bonds is 15. The van der Waals surface area contributed by atoms with Gasteiger partial charge in [0, 0.05) is 39.3 Å². The van der Waals surface area contributed by atoms with E-state index in [1.165, 1.54) is 18.2 Å². The van der Waals surface area contributed by atoms with Crippen molar-refractivity contribution in [3.8, 4) is 0 Å². The lowest BCUT2D eigenvalue weighted by Gasteiger charge is -2.20. The number of esters is 3. The van der Waals surface area contributed by atoms with Gasteiger partial charge in [-0.2, -0.15) is 54.8 Å². The van der Waals surface area contributed by atoms with Gasteiger partial charge >= 0.3 is 36.4 Å². The van der Waals surface area contributed by atoms with Gasteiger partial charge in [-0.1, -0.05) is 57.2 Å². The molecule has 15 nitrogen and oxygen atoms in total. The number of aromatic nitrogens is 6. The van der Waals surface area contributed by atoms with E-state index in [4.69, 9.17) is 14.2 Å². The Morgan fingerprint density at radius 2 is 0.840 bits per heavy atom. The minimum absolute atomic E-state index is 0.0327. The van der Waals surface area contributed by atoms with Crippen molar-refractivity contribution >= 4 is 73.9 Å². The molecule has 0 fully saturated rings. The lowest BCUT2D eigenvalue weighted by molar-refractivity contribution is -0.138. The number of fused-ring (bicyclic) bond motifs is 3. The first kappa shape index (κ1) is 62.3. The predicted molar refractivity (Wildman–Crippen MR) is 295 cm³/mol. The van der Waals surface area contributed by atoms with E-state index >= 15 is 0 Å². The van der Waals surface area contributed by atoms with Crippen LogP contribution in [-0.4, -0.2) is 86.7 Å². The molecule has 3 aromatic heterocycles. The largest absolute Gasteiger partial charge is 0.462 e. The summed E-state index contributed by atoms with van der Waals surface area (Å²) in [7, 11) is 0. The fourth-order valence-corrected chi connectivity index (χ4v) is 11.2. The standard InChI is InChI=1S/C19H22F3N3O2.C18H19BrF3N3O2.C18H19F3IN3O2/c1-4-15-11-24(10-13-7-6-8-14(9-13)19(20,21)22)17-16(18(26)27-5-2)12(3)23-25(15)17;1-3-13-10-24(9-11-6-5-7-12(8-11)18(20,21)22)16-14(17(26)27-4-2)15(19)23-25(13)16;1-3-13-10-24(9-11-6-5-7-12(8-11)18(19,20)21)16-14(17(26)27-4-2)15(22)23-25(13)16/h6-9,15H,4-5,10-11H2,1-3H3;2*5-8,13H,3-4,9-10H2,1-2H3/t15-;2*13-/m111/s1. The highest BCUT2D eigenvalue weighted by Crippen LogP contribution is 2.42. The molecule has 0 radical (unpaired) electrons. The van der Waals surface area contributed by atoms with Crippen LogP contribution in [0.25, 0.3) is 0 Å². The topological polar surface area (TPSA) is 142 Å². The second-order valence-electron chi connectivity index (χ2n) is 19.2. The van der Waals surface area contributed by atoms with Crippen LogP contribution in [0.5, 0.6) is 0 Å². The summed E-state index contributed by atoms with van der Waals surface area (Å²) >= 11 is 5.31. The number of halogens is 11. The zero-order valence-electron chi connectivity index (χ0n) is 45.3. The van der Waals surface area contributed by atoms with Gasteiger partial charge in [-0.15, -0.1) is 0 Å². The molecular weight excluding hydrogens is 1260 g/mol. The van der Waals surface area contributed by atoms with Crippen molar-refractivity contribution in [2.45, 2.75) is 124 Å². The molecule has 9 rings (SSSR count). The maximum absolute atomic E-state index is 13.0. The van der Waals surface area contributed by atoms with Crippen molar-refractivity contribution in [1.82, 2.24) is 29.3 Å². The van der Waals surface area contributed by atoms with Crippen LogP contribution in [0.1, 0.15) is 149 Å². The van der Waals surface area contributed by atoms with Gasteiger partial charge in [0.15, 0.2) is 0 Å². The van der Waals surface area contributed by atoms with Crippen LogP contribution in [0.15, 0.2) is 77.4 Å². The molecule has 0 bridgehead atoms. The summed E-state index contributed by atoms with van der Waals surface area (Å²) in [5.74, 6) is 0.384.